The molecule has 0 heterocycles. The highest BCUT2D eigenvalue weighted by Crippen LogP contribution is 2.34. The van der Waals surface area contributed by atoms with Gasteiger partial charge in [-0.15, -0.1) is 0 Å². The van der Waals surface area contributed by atoms with Crippen LogP contribution in [-0.4, -0.2) is 13.0 Å². The lowest BCUT2D eigenvalue weighted by Gasteiger charge is -2.28. The molecule has 4 heteroatoms. The summed E-state index contributed by atoms with van der Waals surface area (Å²) in [6, 6.07) is 12.3. The summed E-state index contributed by atoms with van der Waals surface area (Å²) in [5.41, 5.74) is 2.94. The first-order valence-electron chi connectivity index (χ1n) is 8.29. The zero-order chi connectivity index (χ0) is 18.8. The van der Waals surface area contributed by atoms with Gasteiger partial charge >= 0.3 is 0 Å². The number of carbonyl (C=O) groups excluding carboxylic acids is 1. The standard InChI is InChI=1S/C21H23FN2O/c1-13(2)17-8-6-16(11-18(17)20(25)24-5)21(3,4)15-7-9-19(22)14(10-15)12-23/h6-11,13H,1-5H3,(H,24,25). The Morgan fingerprint density at radius 2 is 1.76 bits per heavy atom. The van der Waals surface area contributed by atoms with Gasteiger partial charge in [-0.05, 0) is 40.8 Å². The molecule has 0 spiro atoms. The van der Waals surface area contributed by atoms with E-state index in [0.717, 1.165) is 16.7 Å². The highest BCUT2D eigenvalue weighted by molar-refractivity contribution is 5.96. The molecule has 1 amide bonds. The van der Waals surface area contributed by atoms with Gasteiger partial charge in [0.15, 0.2) is 0 Å². The van der Waals surface area contributed by atoms with Gasteiger partial charge < -0.3 is 5.32 Å². The maximum atomic E-state index is 13.6. The Balaban J connectivity index is 2.60. The van der Waals surface area contributed by atoms with E-state index >= 15 is 0 Å². The van der Waals surface area contributed by atoms with E-state index in [1.807, 2.05) is 52.0 Å². The van der Waals surface area contributed by atoms with Gasteiger partial charge in [-0.25, -0.2) is 4.39 Å². The summed E-state index contributed by atoms with van der Waals surface area (Å²) in [5.74, 6) is -0.429. The van der Waals surface area contributed by atoms with E-state index in [4.69, 9.17) is 5.26 Å². The molecule has 0 radical (unpaired) electrons. The Kier molecular flexibility index (Phi) is 5.27. The summed E-state index contributed by atoms with van der Waals surface area (Å²) in [6.07, 6.45) is 0. The van der Waals surface area contributed by atoms with Crippen LogP contribution in [0.4, 0.5) is 4.39 Å². The van der Waals surface area contributed by atoms with Crippen molar-refractivity contribution in [2.45, 2.75) is 39.0 Å². The van der Waals surface area contributed by atoms with Crippen LogP contribution in [0.2, 0.25) is 0 Å². The zero-order valence-corrected chi connectivity index (χ0v) is 15.3. The molecule has 25 heavy (non-hydrogen) atoms. The predicted octanol–water partition coefficient (Wildman–Crippen LogP) is 4.51. The van der Waals surface area contributed by atoms with Crippen molar-refractivity contribution in [1.82, 2.24) is 5.32 Å². The van der Waals surface area contributed by atoms with Crippen LogP contribution in [0.15, 0.2) is 36.4 Å². The second kappa shape index (κ2) is 7.06. The molecule has 0 fully saturated rings. The number of amides is 1. The first-order valence-corrected chi connectivity index (χ1v) is 8.29. The number of nitrogens with zero attached hydrogens (tertiary/aromatic N) is 1. The maximum absolute atomic E-state index is 13.6. The van der Waals surface area contributed by atoms with E-state index < -0.39 is 11.2 Å². The highest BCUT2D eigenvalue weighted by atomic mass is 19.1. The molecule has 2 aromatic rings. The number of nitriles is 1. The van der Waals surface area contributed by atoms with E-state index in [2.05, 4.69) is 5.32 Å². The van der Waals surface area contributed by atoms with E-state index in [1.165, 1.54) is 6.07 Å². The van der Waals surface area contributed by atoms with Gasteiger partial charge in [0.1, 0.15) is 11.9 Å². The molecular formula is C21H23FN2O. The van der Waals surface area contributed by atoms with Gasteiger partial charge in [0.2, 0.25) is 0 Å². The number of rotatable bonds is 4. The van der Waals surface area contributed by atoms with Gasteiger partial charge in [-0.3, -0.25) is 4.79 Å². The summed E-state index contributed by atoms with van der Waals surface area (Å²) in [6.45, 7) is 8.09. The van der Waals surface area contributed by atoms with Crippen molar-refractivity contribution in [2.75, 3.05) is 7.05 Å². The molecule has 0 unspecified atom stereocenters. The topological polar surface area (TPSA) is 52.9 Å². The lowest BCUT2D eigenvalue weighted by molar-refractivity contribution is 0.0961. The lowest BCUT2D eigenvalue weighted by atomic mass is 9.76. The van der Waals surface area contributed by atoms with Gasteiger partial charge in [-0.2, -0.15) is 5.26 Å². The Morgan fingerprint density at radius 3 is 2.32 bits per heavy atom. The molecule has 1 N–H and O–H groups in total. The van der Waals surface area contributed by atoms with Crippen molar-refractivity contribution in [3.63, 3.8) is 0 Å². The number of hydrogen-bond acceptors (Lipinski definition) is 2. The molecule has 130 valence electrons. The van der Waals surface area contributed by atoms with Gasteiger partial charge in [-0.1, -0.05) is 45.9 Å². The third kappa shape index (κ3) is 3.56. The van der Waals surface area contributed by atoms with Crippen molar-refractivity contribution in [3.8, 4) is 6.07 Å². The van der Waals surface area contributed by atoms with Gasteiger partial charge in [0.05, 0.1) is 5.56 Å². The van der Waals surface area contributed by atoms with Crippen molar-refractivity contribution in [1.29, 1.82) is 5.26 Å². The third-order valence-corrected chi connectivity index (χ3v) is 4.68. The van der Waals surface area contributed by atoms with Gasteiger partial charge in [0, 0.05) is 18.0 Å². The summed E-state index contributed by atoms with van der Waals surface area (Å²) in [7, 11) is 1.61. The Labute approximate surface area is 148 Å². The fraction of sp³-hybridized carbons (Fsp3) is 0.333. The molecule has 0 atom stereocenters. The van der Waals surface area contributed by atoms with Crippen LogP contribution in [0.3, 0.4) is 0 Å². The van der Waals surface area contributed by atoms with E-state index in [-0.39, 0.29) is 17.4 Å². The van der Waals surface area contributed by atoms with Crippen molar-refractivity contribution >= 4 is 5.91 Å². The second-order valence-corrected chi connectivity index (χ2v) is 6.97. The average Bonchev–Trinajstić information content (AvgIpc) is 2.60. The normalized spacial score (nSPS) is 11.3. The van der Waals surface area contributed by atoms with E-state index in [9.17, 15) is 9.18 Å². The number of nitrogens with one attached hydrogen (secondary N) is 1. The van der Waals surface area contributed by atoms with Crippen LogP contribution in [0.25, 0.3) is 0 Å². The minimum absolute atomic E-state index is 0.0240. The summed E-state index contributed by atoms with van der Waals surface area (Å²) < 4.78 is 13.6. The van der Waals surface area contributed by atoms with Crippen molar-refractivity contribution in [3.05, 3.63) is 70.0 Å². The Bertz CT molecular complexity index is 847. The molecule has 0 saturated heterocycles. The number of carbonyl (C=O) groups is 1. The van der Waals surface area contributed by atoms with E-state index in [0.29, 0.717) is 5.56 Å². The molecule has 0 aliphatic carbocycles. The summed E-state index contributed by atoms with van der Waals surface area (Å²) in [5, 5.41) is 11.8. The lowest BCUT2D eigenvalue weighted by Crippen LogP contribution is -2.24. The molecule has 0 saturated carbocycles. The molecule has 0 aliphatic rings. The van der Waals surface area contributed by atoms with Gasteiger partial charge in [0.25, 0.3) is 5.91 Å². The van der Waals surface area contributed by atoms with Crippen LogP contribution < -0.4 is 5.32 Å². The number of benzene rings is 2. The van der Waals surface area contributed by atoms with Crippen LogP contribution in [0, 0.1) is 17.1 Å². The molecule has 0 bridgehead atoms. The quantitative estimate of drug-likeness (QED) is 0.892. The fourth-order valence-corrected chi connectivity index (χ4v) is 2.95. The summed E-state index contributed by atoms with van der Waals surface area (Å²) >= 11 is 0. The number of halogens is 1. The fourth-order valence-electron chi connectivity index (χ4n) is 2.95. The smallest absolute Gasteiger partial charge is 0.251 e. The minimum Gasteiger partial charge on any atom is -0.355 e. The number of hydrogen-bond donors (Lipinski definition) is 1. The Hall–Kier alpha value is -2.67. The molecule has 3 nitrogen and oxygen atoms in total. The van der Waals surface area contributed by atoms with Crippen LogP contribution in [-0.2, 0) is 5.41 Å². The molecule has 0 aliphatic heterocycles. The van der Waals surface area contributed by atoms with Crippen LogP contribution >= 0.6 is 0 Å². The SMILES string of the molecule is CNC(=O)c1cc(C(C)(C)c2ccc(F)c(C#N)c2)ccc1C(C)C. The van der Waals surface area contributed by atoms with Crippen molar-refractivity contribution in [2.24, 2.45) is 0 Å². The minimum atomic E-state index is -0.525. The molecule has 2 rings (SSSR count). The second-order valence-electron chi connectivity index (χ2n) is 6.97. The van der Waals surface area contributed by atoms with Crippen LogP contribution in [0.5, 0.6) is 0 Å². The van der Waals surface area contributed by atoms with E-state index in [1.54, 1.807) is 19.2 Å². The average molecular weight is 338 g/mol. The first-order chi connectivity index (χ1) is 11.7. The molecule has 0 aromatic heterocycles. The third-order valence-electron chi connectivity index (χ3n) is 4.68. The summed E-state index contributed by atoms with van der Waals surface area (Å²) in [4.78, 5) is 12.3. The first kappa shape index (κ1) is 18.7. The monoisotopic (exact) mass is 338 g/mol. The molecule has 2 aromatic carbocycles. The highest BCUT2D eigenvalue weighted by Gasteiger charge is 2.26. The predicted molar refractivity (Wildman–Crippen MR) is 97.2 cm³/mol. The maximum Gasteiger partial charge on any atom is 0.251 e. The largest absolute Gasteiger partial charge is 0.355 e. The Morgan fingerprint density at radius 1 is 1.16 bits per heavy atom. The zero-order valence-electron chi connectivity index (χ0n) is 15.3. The van der Waals surface area contributed by atoms with Crippen molar-refractivity contribution < 1.29 is 9.18 Å². The van der Waals surface area contributed by atoms with Crippen LogP contribution in [0.1, 0.15) is 66.2 Å². The molecular weight excluding hydrogens is 315 g/mol.